The van der Waals surface area contributed by atoms with Gasteiger partial charge >= 0.3 is 0 Å². The summed E-state index contributed by atoms with van der Waals surface area (Å²) in [4.78, 5) is 26.1. The fourth-order valence-corrected chi connectivity index (χ4v) is 2.76. The van der Waals surface area contributed by atoms with Gasteiger partial charge in [-0.05, 0) is 39.3 Å². The first kappa shape index (κ1) is 16.3. The third kappa shape index (κ3) is 3.40. The summed E-state index contributed by atoms with van der Waals surface area (Å²) in [5, 5.41) is 2.67. The summed E-state index contributed by atoms with van der Waals surface area (Å²) < 4.78 is 5.71. The molecule has 1 N–H and O–H groups in total. The quantitative estimate of drug-likeness (QED) is 0.922. The summed E-state index contributed by atoms with van der Waals surface area (Å²) in [5.41, 5.74) is 0.640. The molecule has 2 amide bonds. The van der Waals surface area contributed by atoms with Crippen LogP contribution in [0.1, 0.15) is 25.8 Å². The number of likely N-dealkylation sites (tertiary alicyclic amines) is 1. The van der Waals surface area contributed by atoms with E-state index in [-0.39, 0.29) is 11.8 Å². The normalized spacial score (nSPS) is 22.3. The molecule has 1 aliphatic heterocycles. The average molecular weight is 304 g/mol. The fourth-order valence-electron chi connectivity index (χ4n) is 2.76. The van der Waals surface area contributed by atoms with E-state index in [1.807, 2.05) is 38.1 Å². The standard InChI is InChI=1S/C17H24N2O3/c1-12-5-7-14(8-6-12)22-13(2)15(20)19-10-9-17(3,11-19)16(21)18-4/h5-8,13H,9-11H2,1-4H3,(H,18,21)/t13-,17+/m0/s1. The van der Waals surface area contributed by atoms with Crippen LogP contribution in [0.15, 0.2) is 24.3 Å². The lowest BCUT2D eigenvalue weighted by Crippen LogP contribution is -2.43. The largest absolute Gasteiger partial charge is 0.481 e. The Morgan fingerprint density at radius 2 is 1.95 bits per heavy atom. The number of carbonyl (C=O) groups excluding carboxylic acids is 2. The highest BCUT2D eigenvalue weighted by Gasteiger charge is 2.42. The van der Waals surface area contributed by atoms with Crippen LogP contribution >= 0.6 is 0 Å². The molecule has 0 spiro atoms. The van der Waals surface area contributed by atoms with Crippen molar-refractivity contribution in [1.82, 2.24) is 10.2 Å². The Morgan fingerprint density at radius 1 is 1.32 bits per heavy atom. The van der Waals surface area contributed by atoms with E-state index in [4.69, 9.17) is 4.74 Å². The smallest absolute Gasteiger partial charge is 0.263 e. The maximum atomic E-state index is 12.5. The molecule has 0 aliphatic carbocycles. The number of amides is 2. The highest BCUT2D eigenvalue weighted by atomic mass is 16.5. The lowest BCUT2D eigenvalue weighted by molar-refractivity contribution is -0.138. The van der Waals surface area contributed by atoms with Crippen molar-refractivity contribution in [2.45, 2.75) is 33.3 Å². The molecule has 2 rings (SSSR count). The van der Waals surface area contributed by atoms with E-state index < -0.39 is 11.5 Å². The minimum Gasteiger partial charge on any atom is -0.481 e. The number of nitrogens with zero attached hydrogens (tertiary/aromatic N) is 1. The molecule has 2 atom stereocenters. The number of rotatable bonds is 4. The maximum absolute atomic E-state index is 12.5. The van der Waals surface area contributed by atoms with Gasteiger partial charge in [0, 0.05) is 20.1 Å². The minimum atomic E-state index is -0.560. The van der Waals surface area contributed by atoms with Crippen LogP contribution in [0.4, 0.5) is 0 Å². The second-order valence-electron chi connectivity index (χ2n) is 6.22. The minimum absolute atomic E-state index is 0.0186. The fraction of sp³-hybridized carbons (Fsp3) is 0.529. The number of aryl methyl sites for hydroxylation is 1. The molecule has 120 valence electrons. The summed E-state index contributed by atoms with van der Waals surface area (Å²) in [7, 11) is 1.63. The molecule has 1 aromatic rings. The van der Waals surface area contributed by atoms with Crippen LogP contribution in [0, 0.1) is 12.3 Å². The van der Waals surface area contributed by atoms with Gasteiger partial charge in [-0.2, -0.15) is 0 Å². The molecule has 5 heteroatoms. The van der Waals surface area contributed by atoms with E-state index in [9.17, 15) is 9.59 Å². The van der Waals surface area contributed by atoms with Gasteiger partial charge in [0.1, 0.15) is 5.75 Å². The van der Waals surface area contributed by atoms with Gasteiger partial charge in [-0.15, -0.1) is 0 Å². The molecule has 1 fully saturated rings. The number of nitrogens with one attached hydrogen (secondary N) is 1. The Balaban J connectivity index is 1.97. The zero-order valence-corrected chi connectivity index (χ0v) is 13.7. The first-order valence-corrected chi connectivity index (χ1v) is 7.60. The lowest BCUT2D eigenvalue weighted by Gasteiger charge is -2.25. The Morgan fingerprint density at radius 3 is 2.55 bits per heavy atom. The molecule has 5 nitrogen and oxygen atoms in total. The predicted molar refractivity (Wildman–Crippen MR) is 84.6 cm³/mol. The molecule has 1 aromatic carbocycles. The first-order valence-electron chi connectivity index (χ1n) is 7.60. The highest BCUT2D eigenvalue weighted by molar-refractivity contribution is 5.86. The summed E-state index contributed by atoms with van der Waals surface area (Å²) in [6, 6.07) is 7.62. The molecule has 0 radical (unpaired) electrons. The topological polar surface area (TPSA) is 58.6 Å². The van der Waals surface area contributed by atoms with E-state index in [1.54, 1.807) is 18.9 Å². The molecule has 0 saturated carbocycles. The van der Waals surface area contributed by atoms with Crippen LogP contribution in [0.25, 0.3) is 0 Å². The first-order chi connectivity index (χ1) is 10.4. The van der Waals surface area contributed by atoms with Crippen molar-refractivity contribution >= 4 is 11.8 Å². The number of ether oxygens (including phenoxy) is 1. The second-order valence-corrected chi connectivity index (χ2v) is 6.22. The van der Waals surface area contributed by atoms with Gasteiger partial charge < -0.3 is 15.0 Å². The Bertz CT molecular complexity index is 556. The van der Waals surface area contributed by atoms with Crippen LogP contribution in [-0.2, 0) is 9.59 Å². The van der Waals surface area contributed by atoms with Crippen molar-refractivity contribution in [2.75, 3.05) is 20.1 Å². The van der Waals surface area contributed by atoms with Gasteiger partial charge in [0.05, 0.1) is 5.41 Å². The number of carbonyl (C=O) groups is 2. The second kappa shape index (κ2) is 6.38. The molecule has 22 heavy (non-hydrogen) atoms. The van der Waals surface area contributed by atoms with E-state index in [0.29, 0.717) is 25.3 Å². The van der Waals surface area contributed by atoms with Gasteiger partial charge in [0.15, 0.2) is 6.10 Å². The summed E-state index contributed by atoms with van der Waals surface area (Å²) in [5.74, 6) is 0.586. The van der Waals surface area contributed by atoms with E-state index in [1.165, 1.54) is 0 Å². The average Bonchev–Trinajstić information content (AvgIpc) is 2.91. The van der Waals surface area contributed by atoms with Crippen LogP contribution in [0.3, 0.4) is 0 Å². The van der Waals surface area contributed by atoms with Gasteiger partial charge in [0.2, 0.25) is 5.91 Å². The molecule has 0 bridgehead atoms. The van der Waals surface area contributed by atoms with Crippen LogP contribution < -0.4 is 10.1 Å². The zero-order chi connectivity index (χ0) is 16.3. The SMILES string of the molecule is CNC(=O)[C@]1(C)CCN(C(=O)[C@H](C)Oc2ccc(C)cc2)C1. The van der Waals surface area contributed by atoms with Gasteiger partial charge in [-0.25, -0.2) is 0 Å². The summed E-state index contributed by atoms with van der Waals surface area (Å²) in [6.45, 7) is 6.67. The molecular weight excluding hydrogens is 280 g/mol. The number of hydrogen-bond acceptors (Lipinski definition) is 3. The van der Waals surface area contributed by atoms with Gasteiger partial charge in [0.25, 0.3) is 5.91 Å². The van der Waals surface area contributed by atoms with Crippen LogP contribution in [0.2, 0.25) is 0 Å². The third-order valence-electron chi connectivity index (χ3n) is 4.24. The van der Waals surface area contributed by atoms with Crippen molar-refractivity contribution < 1.29 is 14.3 Å². The van der Waals surface area contributed by atoms with Crippen molar-refractivity contribution in [3.8, 4) is 5.75 Å². The predicted octanol–water partition coefficient (Wildman–Crippen LogP) is 1.75. The van der Waals surface area contributed by atoms with Crippen molar-refractivity contribution in [1.29, 1.82) is 0 Å². The Hall–Kier alpha value is -2.04. The summed E-state index contributed by atoms with van der Waals surface area (Å²) in [6.07, 6.45) is 0.116. The van der Waals surface area contributed by atoms with Crippen molar-refractivity contribution in [2.24, 2.45) is 5.41 Å². The third-order valence-corrected chi connectivity index (χ3v) is 4.24. The van der Waals surface area contributed by atoms with Gasteiger partial charge in [-0.1, -0.05) is 17.7 Å². The highest BCUT2D eigenvalue weighted by Crippen LogP contribution is 2.30. The molecule has 0 unspecified atom stereocenters. The van der Waals surface area contributed by atoms with E-state index >= 15 is 0 Å². The maximum Gasteiger partial charge on any atom is 0.263 e. The Kier molecular flexibility index (Phi) is 4.74. The molecule has 1 aliphatic rings. The van der Waals surface area contributed by atoms with Crippen molar-refractivity contribution in [3.63, 3.8) is 0 Å². The Labute approximate surface area is 131 Å². The zero-order valence-electron chi connectivity index (χ0n) is 13.7. The number of hydrogen-bond donors (Lipinski definition) is 1. The van der Waals surface area contributed by atoms with Crippen LogP contribution in [-0.4, -0.2) is 43.0 Å². The van der Waals surface area contributed by atoms with Crippen LogP contribution in [0.5, 0.6) is 5.75 Å². The van der Waals surface area contributed by atoms with E-state index in [2.05, 4.69) is 5.32 Å². The molecule has 0 aromatic heterocycles. The molecule has 1 heterocycles. The lowest BCUT2D eigenvalue weighted by atomic mass is 9.89. The van der Waals surface area contributed by atoms with Crippen molar-refractivity contribution in [3.05, 3.63) is 29.8 Å². The monoisotopic (exact) mass is 304 g/mol. The number of benzene rings is 1. The molecule has 1 saturated heterocycles. The summed E-state index contributed by atoms with van der Waals surface area (Å²) >= 11 is 0. The van der Waals surface area contributed by atoms with Gasteiger partial charge in [-0.3, -0.25) is 9.59 Å². The van der Waals surface area contributed by atoms with E-state index in [0.717, 1.165) is 5.56 Å². The molecular formula is C17H24N2O3.